The third-order valence-electron chi connectivity index (χ3n) is 2.95. The van der Waals surface area contributed by atoms with Crippen molar-refractivity contribution < 1.29 is 0 Å². The molecule has 19 heavy (non-hydrogen) atoms. The number of fused-ring (bicyclic) bond motifs is 1. The van der Waals surface area contributed by atoms with Gasteiger partial charge in [-0.15, -0.1) is 0 Å². The van der Waals surface area contributed by atoms with Crippen LogP contribution in [0.5, 0.6) is 0 Å². The minimum atomic E-state index is 0.622. The zero-order chi connectivity index (χ0) is 13.2. The van der Waals surface area contributed by atoms with Gasteiger partial charge in [0.15, 0.2) is 5.65 Å². The lowest BCUT2D eigenvalue weighted by Gasteiger charge is -2.03. The van der Waals surface area contributed by atoms with Gasteiger partial charge in [0.1, 0.15) is 5.82 Å². The summed E-state index contributed by atoms with van der Waals surface area (Å²) in [5, 5.41) is 4.02. The summed E-state index contributed by atoms with van der Waals surface area (Å²) in [5.74, 6) is 0.867. The van der Waals surface area contributed by atoms with Crippen molar-refractivity contribution in [1.29, 1.82) is 0 Å². The number of aryl methyl sites for hydroxylation is 1. The molecule has 96 valence electrons. The van der Waals surface area contributed by atoms with E-state index in [9.17, 15) is 0 Å². The third kappa shape index (κ3) is 2.53. The van der Waals surface area contributed by atoms with Crippen molar-refractivity contribution in [2.24, 2.45) is 0 Å². The highest BCUT2D eigenvalue weighted by atomic mass is 35.5. The second-order valence-corrected chi connectivity index (χ2v) is 4.81. The molecule has 3 aromatic rings. The van der Waals surface area contributed by atoms with Gasteiger partial charge in [0, 0.05) is 16.9 Å². The van der Waals surface area contributed by atoms with Crippen LogP contribution in [-0.2, 0) is 6.54 Å². The third-order valence-corrected chi connectivity index (χ3v) is 3.21. The molecule has 0 saturated heterocycles. The lowest BCUT2D eigenvalue weighted by atomic mass is 10.3. The molecule has 2 aromatic heterocycles. The lowest BCUT2D eigenvalue weighted by Crippen LogP contribution is -2.00. The maximum absolute atomic E-state index is 5.85. The van der Waals surface area contributed by atoms with E-state index >= 15 is 0 Å². The van der Waals surface area contributed by atoms with Crippen LogP contribution in [0.4, 0.5) is 5.69 Å². The van der Waals surface area contributed by atoms with E-state index in [0.717, 1.165) is 33.3 Å². The van der Waals surface area contributed by atoms with Crippen LogP contribution < -0.4 is 5.32 Å². The van der Waals surface area contributed by atoms with Crippen molar-refractivity contribution in [2.75, 3.05) is 5.32 Å². The van der Waals surface area contributed by atoms with Gasteiger partial charge in [-0.1, -0.05) is 11.6 Å². The molecule has 0 radical (unpaired) electrons. The van der Waals surface area contributed by atoms with Crippen LogP contribution in [-0.4, -0.2) is 15.0 Å². The summed E-state index contributed by atoms with van der Waals surface area (Å²) < 4.78 is 0. The van der Waals surface area contributed by atoms with Gasteiger partial charge in [0.25, 0.3) is 0 Å². The van der Waals surface area contributed by atoms with E-state index in [1.54, 1.807) is 6.20 Å². The number of rotatable bonds is 3. The fourth-order valence-electron chi connectivity index (χ4n) is 1.92. The number of halogens is 1. The Morgan fingerprint density at radius 2 is 2.00 bits per heavy atom. The van der Waals surface area contributed by atoms with Crippen molar-refractivity contribution in [3.05, 3.63) is 52.9 Å². The molecule has 5 heteroatoms. The van der Waals surface area contributed by atoms with Crippen LogP contribution in [0.25, 0.3) is 11.2 Å². The smallest absolute Gasteiger partial charge is 0.178 e. The van der Waals surface area contributed by atoms with Gasteiger partial charge in [0.05, 0.1) is 12.1 Å². The highest BCUT2D eigenvalue weighted by Gasteiger charge is 2.05. The number of benzene rings is 1. The summed E-state index contributed by atoms with van der Waals surface area (Å²) in [7, 11) is 0. The van der Waals surface area contributed by atoms with Crippen LogP contribution in [0.15, 0.2) is 36.5 Å². The molecule has 4 nitrogen and oxygen atoms in total. The molecule has 0 atom stereocenters. The molecule has 0 aliphatic rings. The molecule has 1 aromatic carbocycles. The normalized spacial score (nSPS) is 10.8. The number of nitrogens with one attached hydrogen (secondary N) is 2. The molecule has 0 unspecified atom stereocenters. The number of hydrogen-bond donors (Lipinski definition) is 2. The van der Waals surface area contributed by atoms with Crippen LogP contribution in [0.1, 0.15) is 11.4 Å². The maximum atomic E-state index is 5.85. The van der Waals surface area contributed by atoms with E-state index in [-0.39, 0.29) is 0 Å². The zero-order valence-electron chi connectivity index (χ0n) is 10.4. The first-order chi connectivity index (χ1) is 9.22. The van der Waals surface area contributed by atoms with Crippen molar-refractivity contribution in [2.45, 2.75) is 13.5 Å². The Labute approximate surface area is 115 Å². The van der Waals surface area contributed by atoms with Gasteiger partial charge in [-0.05, 0) is 42.8 Å². The lowest BCUT2D eigenvalue weighted by molar-refractivity contribution is 1.01. The summed E-state index contributed by atoms with van der Waals surface area (Å²) in [5.41, 5.74) is 3.91. The van der Waals surface area contributed by atoms with Crippen LogP contribution >= 0.6 is 11.6 Å². The SMILES string of the molecule is Cc1ccnc2nc(CNc3ccc(Cl)cc3)[nH]c12. The molecule has 0 amide bonds. The van der Waals surface area contributed by atoms with E-state index < -0.39 is 0 Å². The second kappa shape index (κ2) is 4.90. The second-order valence-electron chi connectivity index (χ2n) is 4.37. The quantitative estimate of drug-likeness (QED) is 0.767. The van der Waals surface area contributed by atoms with Crippen LogP contribution in [0, 0.1) is 6.92 Å². The van der Waals surface area contributed by atoms with E-state index in [2.05, 4.69) is 20.3 Å². The standard InChI is InChI=1S/C14H13ClN4/c1-9-6-7-16-14-13(9)18-12(19-14)8-17-11-4-2-10(15)3-5-11/h2-7,17H,8H2,1H3,(H,16,18,19). The van der Waals surface area contributed by atoms with Crippen molar-refractivity contribution in [3.8, 4) is 0 Å². The molecule has 0 fully saturated rings. The molecule has 0 aliphatic heterocycles. The number of hydrogen-bond acceptors (Lipinski definition) is 3. The molecule has 3 rings (SSSR count). The predicted octanol–water partition coefficient (Wildman–Crippen LogP) is 3.53. The Hall–Kier alpha value is -2.07. The van der Waals surface area contributed by atoms with Gasteiger partial charge in [-0.3, -0.25) is 0 Å². The molecule has 0 aliphatic carbocycles. The number of anilines is 1. The fourth-order valence-corrected chi connectivity index (χ4v) is 2.05. The van der Waals surface area contributed by atoms with Gasteiger partial charge < -0.3 is 10.3 Å². The van der Waals surface area contributed by atoms with E-state index in [0.29, 0.717) is 6.54 Å². The number of aromatic nitrogens is 3. The largest absolute Gasteiger partial charge is 0.378 e. The number of imidazole rings is 1. The maximum Gasteiger partial charge on any atom is 0.178 e. The molecular weight excluding hydrogens is 260 g/mol. The Bertz CT molecular complexity index is 703. The molecule has 0 saturated carbocycles. The first-order valence-corrected chi connectivity index (χ1v) is 6.40. The Morgan fingerprint density at radius 3 is 2.74 bits per heavy atom. The minimum Gasteiger partial charge on any atom is -0.378 e. The average Bonchev–Trinajstić information content (AvgIpc) is 2.83. The molecule has 2 heterocycles. The first-order valence-electron chi connectivity index (χ1n) is 6.02. The highest BCUT2D eigenvalue weighted by Crippen LogP contribution is 2.16. The minimum absolute atomic E-state index is 0.622. The number of nitrogens with zero attached hydrogens (tertiary/aromatic N) is 2. The van der Waals surface area contributed by atoms with Gasteiger partial charge >= 0.3 is 0 Å². The Balaban J connectivity index is 1.78. The molecule has 0 spiro atoms. The zero-order valence-corrected chi connectivity index (χ0v) is 11.2. The predicted molar refractivity (Wildman–Crippen MR) is 77.4 cm³/mol. The van der Waals surface area contributed by atoms with Crippen LogP contribution in [0.3, 0.4) is 0 Å². The Morgan fingerprint density at radius 1 is 1.21 bits per heavy atom. The van der Waals surface area contributed by atoms with E-state index in [1.165, 1.54) is 0 Å². The van der Waals surface area contributed by atoms with E-state index in [1.807, 2.05) is 37.3 Å². The highest BCUT2D eigenvalue weighted by molar-refractivity contribution is 6.30. The van der Waals surface area contributed by atoms with Crippen molar-refractivity contribution in [3.63, 3.8) is 0 Å². The summed E-state index contributed by atoms with van der Waals surface area (Å²) >= 11 is 5.85. The topological polar surface area (TPSA) is 53.6 Å². The summed E-state index contributed by atoms with van der Waals surface area (Å²) in [4.78, 5) is 12.0. The average molecular weight is 273 g/mol. The van der Waals surface area contributed by atoms with Crippen LogP contribution in [0.2, 0.25) is 5.02 Å². The Kier molecular flexibility index (Phi) is 3.09. The first kappa shape index (κ1) is 12.0. The molecule has 2 N–H and O–H groups in total. The summed E-state index contributed by atoms with van der Waals surface area (Å²) in [6, 6.07) is 9.56. The van der Waals surface area contributed by atoms with Crippen molar-refractivity contribution >= 4 is 28.5 Å². The van der Waals surface area contributed by atoms with Gasteiger partial charge in [-0.25, -0.2) is 9.97 Å². The molecule has 0 bridgehead atoms. The van der Waals surface area contributed by atoms with E-state index in [4.69, 9.17) is 11.6 Å². The van der Waals surface area contributed by atoms with Crippen molar-refractivity contribution in [1.82, 2.24) is 15.0 Å². The summed E-state index contributed by atoms with van der Waals surface area (Å²) in [6.07, 6.45) is 1.77. The number of pyridine rings is 1. The molecular formula is C14H13ClN4. The fraction of sp³-hybridized carbons (Fsp3) is 0.143. The number of H-pyrrole nitrogens is 1. The monoisotopic (exact) mass is 272 g/mol. The number of aromatic amines is 1. The summed E-state index contributed by atoms with van der Waals surface area (Å²) in [6.45, 7) is 2.66. The van der Waals surface area contributed by atoms with Gasteiger partial charge in [0.2, 0.25) is 0 Å². The van der Waals surface area contributed by atoms with Gasteiger partial charge in [-0.2, -0.15) is 0 Å².